The maximum Gasteiger partial charge on any atom is 0.133 e. The number of hydrogen-bond acceptors (Lipinski definition) is 2. The van der Waals surface area contributed by atoms with Crippen molar-refractivity contribution in [3.63, 3.8) is 0 Å². The van der Waals surface area contributed by atoms with Crippen molar-refractivity contribution >= 4 is 29.0 Å². The molecule has 0 aliphatic carbocycles. The molecule has 3 aromatic rings. The minimum absolute atomic E-state index is 0.603. The largest absolute Gasteiger partial charge is 0.369 e. The van der Waals surface area contributed by atoms with Crippen molar-refractivity contribution in [2.75, 3.05) is 11.9 Å². The Morgan fingerprint density at radius 1 is 1.00 bits per heavy atom. The Labute approximate surface area is 138 Å². The lowest BCUT2D eigenvalue weighted by Crippen LogP contribution is -2.04. The smallest absolute Gasteiger partial charge is 0.133 e. The first-order valence-corrected chi connectivity index (χ1v) is 7.85. The molecule has 1 aromatic heterocycles. The van der Waals surface area contributed by atoms with E-state index in [0.717, 1.165) is 35.7 Å². The number of nitrogens with one attached hydrogen (secondary N) is 1. The van der Waals surface area contributed by atoms with Crippen molar-refractivity contribution in [2.24, 2.45) is 0 Å². The highest BCUT2D eigenvalue weighted by molar-refractivity contribution is 6.34. The Morgan fingerprint density at radius 2 is 1.73 bits per heavy atom. The first-order valence-electron chi connectivity index (χ1n) is 7.10. The number of nitrogens with zero attached hydrogens (tertiary/aromatic N) is 2. The maximum atomic E-state index is 6.13. The van der Waals surface area contributed by atoms with Crippen LogP contribution >= 0.6 is 23.2 Å². The second kappa shape index (κ2) is 5.34. The molecule has 0 unspecified atom stereocenters. The highest BCUT2D eigenvalue weighted by Gasteiger charge is 2.23. The van der Waals surface area contributed by atoms with Gasteiger partial charge in [0.2, 0.25) is 0 Å². The van der Waals surface area contributed by atoms with Crippen molar-refractivity contribution in [2.45, 2.75) is 6.42 Å². The van der Waals surface area contributed by atoms with Crippen LogP contribution < -0.4 is 5.32 Å². The summed E-state index contributed by atoms with van der Waals surface area (Å²) in [4.78, 5) is 0. The van der Waals surface area contributed by atoms with Crippen LogP contribution in [-0.4, -0.2) is 16.3 Å². The van der Waals surface area contributed by atoms with Crippen LogP contribution in [0.5, 0.6) is 0 Å². The van der Waals surface area contributed by atoms with Crippen LogP contribution in [0.25, 0.3) is 16.9 Å². The van der Waals surface area contributed by atoms with Gasteiger partial charge in [0.1, 0.15) is 5.82 Å². The normalized spacial score (nSPS) is 13.0. The predicted octanol–water partition coefficient (Wildman–Crippen LogP) is 4.81. The van der Waals surface area contributed by atoms with Crippen LogP contribution in [0, 0.1) is 0 Å². The van der Waals surface area contributed by atoms with E-state index in [1.807, 2.05) is 35.0 Å². The molecule has 5 heteroatoms. The molecule has 2 heterocycles. The Morgan fingerprint density at radius 3 is 2.45 bits per heavy atom. The van der Waals surface area contributed by atoms with E-state index in [-0.39, 0.29) is 0 Å². The lowest BCUT2D eigenvalue weighted by molar-refractivity contribution is 0.882. The standard InChI is InChI=1S/C17H13Cl2N3/c18-12-8-13(19)10-14(9-12)22-17-15(6-7-20-17)16(21-22)11-4-2-1-3-5-11/h1-5,8-10,20H,6-7H2. The Hall–Kier alpha value is -1.97. The lowest BCUT2D eigenvalue weighted by atomic mass is 10.1. The van der Waals surface area contributed by atoms with Crippen molar-refractivity contribution in [1.29, 1.82) is 0 Å². The molecule has 2 aromatic carbocycles. The van der Waals surface area contributed by atoms with Gasteiger partial charge in [-0.25, -0.2) is 4.68 Å². The van der Waals surface area contributed by atoms with Gasteiger partial charge in [0, 0.05) is 27.7 Å². The van der Waals surface area contributed by atoms with E-state index in [1.54, 1.807) is 6.07 Å². The summed E-state index contributed by atoms with van der Waals surface area (Å²) >= 11 is 12.3. The fourth-order valence-electron chi connectivity index (χ4n) is 2.85. The maximum absolute atomic E-state index is 6.13. The Bertz CT molecular complexity index is 820. The summed E-state index contributed by atoms with van der Waals surface area (Å²) in [6, 6.07) is 15.7. The monoisotopic (exact) mass is 329 g/mol. The van der Waals surface area contributed by atoms with Crippen molar-refractivity contribution < 1.29 is 0 Å². The second-order valence-electron chi connectivity index (χ2n) is 5.26. The van der Waals surface area contributed by atoms with E-state index < -0.39 is 0 Å². The molecule has 0 saturated carbocycles. The van der Waals surface area contributed by atoms with Crippen LogP contribution in [0.1, 0.15) is 5.56 Å². The molecule has 22 heavy (non-hydrogen) atoms. The van der Waals surface area contributed by atoms with Crippen molar-refractivity contribution in [3.8, 4) is 16.9 Å². The van der Waals surface area contributed by atoms with Crippen LogP contribution in [0.4, 0.5) is 5.82 Å². The van der Waals surface area contributed by atoms with E-state index in [1.165, 1.54) is 5.56 Å². The van der Waals surface area contributed by atoms with Gasteiger partial charge in [0.15, 0.2) is 0 Å². The van der Waals surface area contributed by atoms with Gasteiger partial charge in [-0.05, 0) is 24.6 Å². The third kappa shape index (κ3) is 2.27. The van der Waals surface area contributed by atoms with Crippen LogP contribution in [0.15, 0.2) is 48.5 Å². The number of aromatic nitrogens is 2. The average molecular weight is 330 g/mol. The zero-order valence-electron chi connectivity index (χ0n) is 11.7. The van der Waals surface area contributed by atoms with Gasteiger partial charge in [0.25, 0.3) is 0 Å². The second-order valence-corrected chi connectivity index (χ2v) is 6.13. The van der Waals surface area contributed by atoms with Crippen LogP contribution in [0.2, 0.25) is 10.0 Å². The minimum atomic E-state index is 0.603. The van der Waals surface area contributed by atoms with Gasteiger partial charge in [-0.3, -0.25) is 0 Å². The third-order valence-electron chi connectivity index (χ3n) is 3.79. The Kier molecular flexibility index (Phi) is 3.32. The van der Waals surface area contributed by atoms with Gasteiger partial charge in [0.05, 0.1) is 11.4 Å². The molecule has 0 atom stereocenters. The van der Waals surface area contributed by atoms with E-state index >= 15 is 0 Å². The molecular formula is C17H13Cl2N3. The van der Waals surface area contributed by atoms with Crippen LogP contribution in [-0.2, 0) is 6.42 Å². The van der Waals surface area contributed by atoms with Gasteiger partial charge in [-0.2, -0.15) is 5.10 Å². The molecule has 0 bridgehead atoms. The molecule has 0 amide bonds. The van der Waals surface area contributed by atoms with E-state index in [2.05, 4.69) is 17.4 Å². The fraction of sp³-hybridized carbons (Fsp3) is 0.118. The third-order valence-corrected chi connectivity index (χ3v) is 4.23. The molecule has 1 N–H and O–H groups in total. The van der Waals surface area contributed by atoms with Crippen LogP contribution in [0.3, 0.4) is 0 Å². The average Bonchev–Trinajstić information content (AvgIpc) is 3.08. The first-order chi connectivity index (χ1) is 10.7. The number of halogens is 2. The summed E-state index contributed by atoms with van der Waals surface area (Å²) in [5.74, 6) is 1.03. The molecule has 1 aliphatic rings. The number of rotatable bonds is 2. The van der Waals surface area contributed by atoms with Gasteiger partial charge >= 0.3 is 0 Å². The van der Waals surface area contributed by atoms with Crippen molar-refractivity contribution in [1.82, 2.24) is 9.78 Å². The zero-order valence-corrected chi connectivity index (χ0v) is 13.2. The Balaban J connectivity index is 1.91. The molecule has 0 saturated heterocycles. The predicted molar refractivity (Wildman–Crippen MR) is 91.2 cm³/mol. The molecule has 1 aliphatic heterocycles. The molecule has 0 spiro atoms. The quantitative estimate of drug-likeness (QED) is 0.730. The summed E-state index contributed by atoms with van der Waals surface area (Å²) in [5, 5.41) is 9.41. The summed E-state index contributed by atoms with van der Waals surface area (Å²) < 4.78 is 1.89. The van der Waals surface area contributed by atoms with Gasteiger partial charge in [-0.15, -0.1) is 0 Å². The fourth-order valence-corrected chi connectivity index (χ4v) is 3.37. The molecular weight excluding hydrogens is 317 g/mol. The summed E-state index contributed by atoms with van der Waals surface area (Å²) in [6.07, 6.45) is 0.966. The minimum Gasteiger partial charge on any atom is -0.369 e. The number of anilines is 1. The molecule has 110 valence electrons. The molecule has 3 nitrogen and oxygen atoms in total. The molecule has 0 fully saturated rings. The zero-order chi connectivity index (χ0) is 15.1. The van der Waals surface area contributed by atoms with Gasteiger partial charge < -0.3 is 5.32 Å². The molecule has 4 rings (SSSR count). The number of fused-ring (bicyclic) bond motifs is 1. The van der Waals surface area contributed by atoms with Gasteiger partial charge in [-0.1, -0.05) is 53.5 Å². The van der Waals surface area contributed by atoms with E-state index in [9.17, 15) is 0 Å². The van der Waals surface area contributed by atoms with E-state index in [4.69, 9.17) is 28.3 Å². The number of benzene rings is 2. The topological polar surface area (TPSA) is 29.9 Å². The van der Waals surface area contributed by atoms with Crippen molar-refractivity contribution in [3.05, 3.63) is 64.1 Å². The lowest BCUT2D eigenvalue weighted by Gasteiger charge is -2.07. The highest BCUT2D eigenvalue weighted by atomic mass is 35.5. The molecule has 0 radical (unpaired) electrons. The summed E-state index contributed by atoms with van der Waals surface area (Å²) in [7, 11) is 0. The summed E-state index contributed by atoms with van der Waals surface area (Å²) in [5.41, 5.74) is 4.23. The number of hydrogen-bond donors (Lipinski definition) is 1. The highest BCUT2D eigenvalue weighted by Crippen LogP contribution is 2.35. The first kappa shape index (κ1) is 13.7. The SMILES string of the molecule is Clc1cc(Cl)cc(-n2nc(-c3ccccc3)c3c2NCC3)c1. The summed E-state index contributed by atoms with van der Waals surface area (Å²) in [6.45, 7) is 0.918. The van der Waals surface area contributed by atoms with E-state index in [0.29, 0.717) is 10.0 Å².